The predicted octanol–water partition coefficient (Wildman–Crippen LogP) is 0.0714. The number of hydrogen-bond donors (Lipinski definition) is 3. The standard InChI is InChI=1S/C13H14N4O4S/c1-22(20,21)17-10-4-2-3-9(7-10)8-14-13(19)11-5-6-12(18)16-15-11/h2-7,17H,8H2,1H3,(H,14,19)(H,16,18). The maximum atomic E-state index is 11.8. The minimum atomic E-state index is -3.35. The molecule has 0 fully saturated rings. The number of carbonyl (C=O) groups is 1. The number of hydrogen-bond acceptors (Lipinski definition) is 5. The molecule has 8 nitrogen and oxygen atoms in total. The summed E-state index contributed by atoms with van der Waals surface area (Å²) in [5.41, 5.74) is 0.823. The van der Waals surface area contributed by atoms with Gasteiger partial charge >= 0.3 is 0 Å². The highest BCUT2D eigenvalue weighted by Crippen LogP contribution is 2.11. The zero-order chi connectivity index (χ0) is 16.2. The Morgan fingerprint density at radius 1 is 1.27 bits per heavy atom. The molecule has 1 amide bonds. The largest absolute Gasteiger partial charge is 0.347 e. The lowest BCUT2D eigenvalue weighted by Crippen LogP contribution is -2.25. The first-order valence-corrected chi connectivity index (χ1v) is 8.13. The predicted molar refractivity (Wildman–Crippen MR) is 80.9 cm³/mol. The SMILES string of the molecule is CS(=O)(=O)Nc1cccc(CNC(=O)c2ccc(=O)[nH]n2)c1. The van der Waals surface area contributed by atoms with Gasteiger partial charge < -0.3 is 5.32 Å². The summed E-state index contributed by atoms with van der Waals surface area (Å²) >= 11 is 0. The van der Waals surface area contributed by atoms with Crippen LogP contribution < -0.4 is 15.6 Å². The average Bonchev–Trinajstić information content (AvgIpc) is 2.44. The van der Waals surface area contributed by atoms with Gasteiger partial charge in [-0.3, -0.25) is 14.3 Å². The molecule has 0 radical (unpaired) electrons. The summed E-state index contributed by atoms with van der Waals surface area (Å²) in [4.78, 5) is 22.7. The zero-order valence-corrected chi connectivity index (χ0v) is 12.5. The highest BCUT2D eigenvalue weighted by atomic mass is 32.2. The van der Waals surface area contributed by atoms with E-state index in [1.165, 1.54) is 12.1 Å². The Morgan fingerprint density at radius 2 is 2.05 bits per heavy atom. The molecule has 0 spiro atoms. The molecular formula is C13H14N4O4S. The Bertz CT molecular complexity index is 825. The summed E-state index contributed by atoms with van der Waals surface area (Å²) < 4.78 is 24.7. The van der Waals surface area contributed by atoms with Crippen LogP contribution in [0.15, 0.2) is 41.2 Å². The van der Waals surface area contributed by atoms with Crippen LogP contribution in [0.1, 0.15) is 16.1 Å². The van der Waals surface area contributed by atoms with Crippen molar-refractivity contribution in [2.75, 3.05) is 11.0 Å². The van der Waals surface area contributed by atoms with Crippen molar-refractivity contribution in [1.82, 2.24) is 15.5 Å². The van der Waals surface area contributed by atoms with E-state index in [9.17, 15) is 18.0 Å². The number of rotatable bonds is 5. The minimum absolute atomic E-state index is 0.0880. The van der Waals surface area contributed by atoms with Crippen molar-refractivity contribution >= 4 is 21.6 Å². The van der Waals surface area contributed by atoms with Crippen LogP contribution in [0.2, 0.25) is 0 Å². The maximum Gasteiger partial charge on any atom is 0.271 e. The summed E-state index contributed by atoms with van der Waals surface area (Å²) in [5, 5.41) is 8.41. The van der Waals surface area contributed by atoms with Crippen LogP contribution in [0.25, 0.3) is 0 Å². The van der Waals surface area contributed by atoms with Gasteiger partial charge in [0, 0.05) is 18.3 Å². The van der Waals surface area contributed by atoms with Crippen molar-refractivity contribution in [2.24, 2.45) is 0 Å². The van der Waals surface area contributed by atoms with Gasteiger partial charge in [0.05, 0.1) is 6.26 Å². The quantitative estimate of drug-likeness (QED) is 0.719. The van der Waals surface area contributed by atoms with E-state index < -0.39 is 21.5 Å². The van der Waals surface area contributed by atoms with Gasteiger partial charge in [-0.15, -0.1) is 0 Å². The Labute approximate surface area is 126 Å². The number of nitrogens with one attached hydrogen (secondary N) is 3. The Hall–Kier alpha value is -2.68. The fourth-order valence-electron chi connectivity index (χ4n) is 1.70. The number of carbonyl (C=O) groups excluding carboxylic acids is 1. The molecule has 0 aliphatic heterocycles. The van der Waals surface area contributed by atoms with Crippen molar-refractivity contribution in [3.8, 4) is 0 Å². The molecule has 0 atom stereocenters. The Morgan fingerprint density at radius 3 is 2.68 bits per heavy atom. The van der Waals surface area contributed by atoms with E-state index in [-0.39, 0.29) is 12.2 Å². The fraction of sp³-hybridized carbons (Fsp3) is 0.154. The number of benzene rings is 1. The normalized spacial score (nSPS) is 11.0. The summed E-state index contributed by atoms with van der Waals surface area (Å²) in [6, 6.07) is 9.16. The third kappa shape index (κ3) is 4.70. The van der Waals surface area contributed by atoms with E-state index in [0.717, 1.165) is 6.26 Å². The molecular weight excluding hydrogens is 308 g/mol. The lowest BCUT2D eigenvalue weighted by atomic mass is 10.2. The van der Waals surface area contributed by atoms with Crippen molar-refractivity contribution in [2.45, 2.75) is 6.54 Å². The third-order valence-corrected chi connectivity index (χ3v) is 3.20. The molecule has 1 aromatic carbocycles. The molecule has 1 heterocycles. The summed E-state index contributed by atoms with van der Waals surface area (Å²) in [7, 11) is -3.35. The maximum absolute atomic E-state index is 11.8. The van der Waals surface area contributed by atoms with Gasteiger partial charge in [0.1, 0.15) is 5.69 Å². The molecule has 2 rings (SSSR count). The van der Waals surface area contributed by atoms with Crippen LogP contribution in [0.5, 0.6) is 0 Å². The number of anilines is 1. The number of nitrogens with zero attached hydrogens (tertiary/aromatic N) is 1. The minimum Gasteiger partial charge on any atom is -0.347 e. The first-order valence-electron chi connectivity index (χ1n) is 6.24. The van der Waals surface area contributed by atoms with Crippen LogP contribution >= 0.6 is 0 Å². The van der Waals surface area contributed by atoms with Gasteiger partial charge in [-0.05, 0) is 23.8 Å². The zero-order valence-electron chi connectivity index (χ0n) is 11.7. The van der Waals surface area contributed by atoms with E-state index in [4.69, 9.17) is 0 Å². The van der Waals surface area contributed by atoms with Gasteiger partial charge in [0.25, 0.3) is 11.5 Å². The second kappa shape index (κ2) is 6.39. The first-order chi connectivity index (χ1) is 10.3. The lowest BCUT2D eigenvalue weighted by Gasteiger charge is -2.08. The van der Waals surface area contributed by atoms with Gasteiger partial charge in [-0.25, -0.2) is 13.5 Å². The highest BCUT2D eigenvalue weighted by Gasteiger charge is 2.07. The molecule has 9 heteroatoms. The highest BCUT2D eigenvalue weighted by molar-refractivity contribution is 7.92. The van der Waals surface area contributed by atoms with Gasteiger partial charge in [0.2, 0.25) is 10.0 Å². The Balaban J connectivity index is 2.02. The first kappa shape index (κ1) is 15.7. The molecule has 116 valence electrons. The molecule has 0 bridgehead atoms. The van der Waals surface area contributed by atoms with Crippen LogP contribution in [-0.4, -0.2) is 30.8 Å². The molecule has 22 heavy (non-hydrogen) atoms. The molecule has 1 aromatic heterocycles. The summed E-state index contributed by atoms with van der Waals surface area (Å²) in [6.45, 7) is 0.193. The van der Waals surface area contributed by atoms with Gasteiger partial charge in [-0.2, -0.15) is 5.10 Å². The van der Waals surface area contributed by atoms with E-state index in [1.54, 1.807) is 24.3 Å². The average molecular weight is 322 g/mol. The summed E-state index contributed by atoms with van der Waals surface area (Å²) in [5.74, 6) is -0.447. The fourth-order valence-corrected chi connectivity index (χ4v) is 2.26. The summed E-state index contributed by atoms with van der Waals surface area (Å²) in [6.07, 6.45) is 1.06. The molecule has 0 unspecified atom stereocenters. The molecule has 0 saturated carbocycles. The Kier molecular flexibility index (Phi) is 4.56. The van der Waals surface area contributed by atoms with Crippen LogP contribution in [0, 0.1) is 0 Å². The number of amides is 1. The smallest absolute Gasteiger partial charge is 0.271 e. The number of aromatic nitrogens is 2. The molecule has 0 aliphatic carbocycles. The van der Waals surface area contributed by atoms with Crippen molar-refractivity contribution in [3.63, 3.8) is 0 Å². The van der Waals surface area contributed by atoms with Crippen molar-refractivity contribution < 1.29 is 13.2 Å². The number of aromatic amines is 1. The van der Waals surface area contributed by atoms with E-state index in [1.807, 2.05) is 0 Å². The molecule has 0 aliphatic rings. The van der Waals surface area contributed by atoms with E-state index in [0.29, 0.717) is 11.3 Å². The van der Waals surface area contributed by atoms with Crippen LogP contribution in [-0.2, 0) is 16.6 Å². The second-order valence-electron chi connectivity index (χ2n) is 4.56. The van der Waals surface area contributed by atoms with Crippen LogP contribution in [0.3, 0.4) is 0 Å². The van der Waals surface area contributed by atoms with Crippen molar-refractivity contribution in [3.05, 3.63) is 58.0 Å². The van der Waals surface area contributed by atoms with Crippen LogP contribution in [0.4, 0.5) is 5.69 Å². The monoisotopic (exact) mass is 322 g/mol. The third-order valence-electron chi connectivity index (χ3n) is 2.60. The van der Waals surface area contributed by atoms with Crippen molar-refractivity contribution in [1.29, 1.82) is 0 Å². The van der Waals surface area contributed by atoms with E-state index >= 15 is 0 Å². The molecule has 2 aromatic rings. The number of sulfonamides is 1. The lowest BCUT2D eigenvalue weighted by molar-refractivity contribution is 0.0944. The second-order valence-corrected chi connectivity index (χ2v) is 6.31. The van der Waals surface area contributed by atoms with E-state index in [2.05, 4.69) is 20.2 Å². The van der Waals surface area contributed by atoms with Gasteiger partial charge in [0.15, 0.2) is 0 Å². The molecule has 3 N–H and O–H groups in total. The van der Waals surface area contributed by atoms with Gasteiger partial charge in [-0.1, -0.05) is 12.1 Å². The molecule has 0 saturated heterocycles. The topological polar surface area (TPSA) is 121 Å². The number of H-pyrrole nitrogens is 1.